The number of halogens is 1. The van der Waals surface area contributed by atoms with Gasteiger partial charge in [0.2, 0.25) is 5.78 Å². The molecule has 4 aliphatic carbocycles. The van der Waals surface area contributed by atoms with Crippen LogP contribution in [0.25, 0.3) is 0 Å². The first-order valence-corrected chi connectivity index (χ1v) is 11.6. The molecule has 0 aromatic carbocycles. The van der Waals surface area contributed by atoms with Gasteiger partial charge in [0.1, 0.15) is 18.1 Å². The second-order valence-electron chi connectivity index (χ2n) is 11.1. The van der Waals surface area contributed by atoms with Crippen molar-refractivity contribution in [1.29, 1.82) is 0 Å². The fourth-order valence-corrected chi connectivity index (χ4v) is 8.58. The highest BCUT2D eigenvalue weighted by molar-refractivity contribution is 5.92. The molecular weight excluding hydrogens is 403 g/mol. The Morgan fingerprint density at radius 1 is 1.19 bits per heavy atom. The predicted octanol–water partition coefficient (Wildman–Crippen LogP) is 2.77. The van der Waals surface area contributed by atoms with Crippen molar-refractivity contribution in [1.82, 2.24) is 0 Å². The zero-order valence-electron chi connectivity index (χ0n) is 18.9. The summed E-state index contributed by atoms with van der Waals surface area (Å²) in [6.07, 6.45) is 1.47. The van der Waals surface area contributed by atoms with E-state index in [1.165, 1.54) is 6.92 Å². The zero-order valence-corrected chi connectivity index (χ0v) is 18.9. The Hall–Kier alpha value is -1.34. The highest BCUT2D eigenvalue weighted by atomic mass is 19.1. The van der Waals surface area contributed by atoms with E-state index in [-0.39, 0.29) is 24.0 Å². The second-order valence-corrected chi connectivity index (χ2v) is 11.1. The molecule has 4 saturated carbocycles. The summed E-state index contributed by atoms with van der Waals surface area (Å²) in [5, 5.41) is 21.1. The molecule has 9 atom stereocenters. The van der Waals surface area contributed by atoms with Gasteiger partial charge in [0, 0.05) is 36.5 Å². The predicted molar refractivity (Wildman–Crippen MR) is 110 cm³/mol. The summed E-state index contributed by atoms with van der Waals surface area (Å²) in [5.74, 6) is -2.31. The maximum absolute atomic E-state index is 17.2. The van der Waals surface area contributed by atoms with Crippen molar-refractivity contribution in [2.75, 3.05) is 6.61 Å². The van der Waals surface area contributed by atoms with Crippen molar-refractivity contribution in [2.24, 2.45) is 34.5 Å². The number of hydrogen-bond acceptors (Lipinski definition) is 6. The van der Waals surface area contributed by atoms with E-state index in [2.05, 4.69) is 0 Å². The molecule has 0 saturated heterocycles. The largest absolute Gasteiger partial charge is 0.450 e. The van der Waals surface area contributed by atoms with Crippen LogP contribution >= 0.6 is 0 Å². The number of esters is 1. The summed E-state index contributed by atoms with van der Waals surface area (Å²) >= 11 is 0. The zero-order chi connectivity index (χ0) is 23.0. The quantitative estimate of drug-likeness (QED) is 0.657. The third kappa shape index (κ3) is 2.65. The van der Waals surface area contributed by atoms with Crippen molar-refractivity contribution in [2.45, 2.75) is 90.0 Å². The molecule has 0 radical (unpaired) electrons. The SMILES string of the molecule is CC(=O)O[C@]1(C(=O)CO)[C@H](C)C[C@H]2[C@@H]3CC[C@@H]4CC(=O)CC[C@]4(C)[C@@]3(F)[C@@H](O)C[C@@]21C. The average molecular weight is 439 g/mol. The van der Waals surface area contributed by atoms with Crippen LogP contribution in [0.15, 0.2) is 0 Å². The van der Waals surface area contributed by atoms with Crippen LogP contribution in [0, 0.1) is 34.5 Å². The number of carbonyl (C=O) groups is 3. The standard InChI is InChI=1S/C24H35FO6/c1-13-9-18-17-6-5-15-10-16(28)7-8-21(15,3)23(17,25)19(29)11-22(18,4)24(13,20(30)12-26)31-14(2)27/h13,15,17-19,26,29H,5-12H2,1-4H3/t13-,15-,17+,18+,19+,21+,22+,23+,24+/m1/s1. The van der Waals surface area contributed by atoms with E-state index in [1.807, 2.05) is 20.8 Å². The van der Waals surface area contributed by atoms with Crippen molar-refractivity contribution in [3.05, 3.63) is 0 Å². The minimum atomic E-state index is -1.87. The summed E-state index contributed by atoms with van der Waals surface area (Å²) < 4.78 is 22.9. The Morgan fingerprint density at radius 2 is 1.87 bits per heavy atom. The molecule has 0 bridgehead atoms. The number of fused-ring (bicyclic) bond motifs is 5. The van der Waals surface area contributed by atoms with Gasteiger partial charge in [0.05, 0.1) is 6.10 Å². The number of ketones is 2. The summed E-state index contributed by atoms with van der Waals surface area (Å²) in [4.78, 5) is 37.2. The first-order chi connectivity index (χ1) is 14.4. The Labute approximate surface area is 182 Å². The number of ether oxygens (including phenoxy) is 1. The van der Waals surface area contributed by atoms with E-state index in [9.17, 15) is 24.6 Å². The van der Waals surface area contributed by atoms with Crippen LogP contribution in [0.3, 0.4) is 0 Å². The molecule has 31 heavy (non-hydrogen) atoms. The Morgan fingerprint density at radius 3 is 2.48 bits per heavy atom. The molecule has 2 N–H and O–H groups in total. The van der Waals surface area contributed by atoms with E-state index in [0.29, 0.717) is 38.5 Å². The monoisotopic (exact) mass is 438 g/mol. The molecule has 0 aromatic heterocycles. The van der Waals surface area contributed by atoms with Crippen LogP contribution in [-0.4, -0.2) is 51.7 Å². The third-order valence-corrected chi connectivity index (χ3v) is 9.96. The number of carbonyl (C=O) groups excluding carboxylic acids is 3. The molecule has 4 fully saturated rings. The Balaban J connectivity index is 1.82. The van der Waals surface area contributed by atoms with Crippen LogP contribution in [0.4, 0.5) is 4.39 Å². The van der Waals surface area contributed by atoms with E-state index in [1.54, 1.807) is 0 Å². The van der Waals surface area contributed by atoms with E-state index < -0.39 is 58.4 Å². The van der Waals surface area contributed by atoms with Crippen LogP contribution in [-0.2, 0) is 19.1 Å². The second kappa shape index (κ2) is 7.08. The summed E-state index contributed by atoms with van der Waals surface area (Å²) in [7, 11) is 0. The number of aliphatic hydroxyl groups excluding tert-OH is 2. The summed E-state index contributed by atoms with van der Waals surface area (Å²) in [5.41, 5.74) is -5.23. The topological polar surface area (TPSA) is 101 Å². The van der Waals surface area contributed by atoms with Gasteiger partial charge in [-0.25, -0.2) is 4.39 Å². The minimum absolute atomic E-state index is 0.0235. The van der Waals surface area contributed by atoms with Gasteiger partial charge < -0.3 is 14.9 Å². The Bertz CT molecular complexity index is 814. The van der Waals surface area contributed by atoms with Gasteiger partial charge in [-0.05, 0) is 49.9 Å². The van der Waals surface area contributed by atoms with Gasteiger partial charge in [-0.1, -0.05) is 20.8 Å². The van der Waals surface area contributed by atoms with Gasteiger partial charge >= 0.3 is 5.97 Å². The lowest BCUT2D eigenvalue weighted by Gasteiger charge is -2.65. The molecule has 0 spiro atoms. The van der Waals surface area contributed by atoms with Gasteiger partial charge in [-0.15, -0.1) is 0 Å². The maximum atomic E-state index is 17.2. The molecule has 6 nitrogen and oxygen atoms in total. The first-order valence-electron chi connectivity index (χ1n) is 11.6. The first kappa shape index (κ1) is 22.8. The van der Waals surface area contributed by atoms with Crippen LogP contribution in [0.2, 0.25) is 0 Å². The lowest BCUT2D eigenvalue weighted by Crippen LogP contribution is -2.71. The van der Waals surface area contributed by atoms with E-state index >= 15 is 4.39 Å². The lowest BCUT2D eigenvalue weighted by atomic mass is 9.42. The molecule has 4 aliphatic rings. The fourth-order valence-electron chi connectivity index (χ4n) is 8.58. The van der Waals surface area contributed by atoms with Crippen molar-refractivity contribution in [3.63, 3.8) is 0 Å². The smallest absolute Gasteiger partial charge is 0.303 e. The van der Waals surface area contributed by atoms with Gasteiger partial charge in [-0.2, -0.15) is 0 Å². The summed E-state index contributed by atoms with van der Waals surface area (Å²) in [6.45, 7) is 5.99. The number of aliphatic hydroxyl groups is 2. The van der Waals surface area contributed by atoms with E-state index in [0.717, 1.165) is 0 Å². The minimum Gasteiger partial charge on any atom is -0.450 e. The van der Waals surface area contributed by atoms with Crippen LogP contribution < -0.4 is 0 Å². The summed E-state index contributed by atoms with van der Waals surface area (Å²) in [6, 6.07) is 0. The molecule has 0 aromatic rings. The number of hydrogen-bond donors (Lipinski definition) is 2. The molecule has 0 unspecified atom stereocenters. The normalized spacial score (nSPS) is 51.5. The van der Waals surface area contributed by atoms with Crippen molar-refractivity contribution < 1.29 is 33.7 Å². The van der Waals surface area contributed by atoms with E-state index in [4.69, 9.17) is 4.74 Å². The molecule has 4 rings (SSSR count). The highest BCUT2D eigenvalue weighted by Crippen LogP contribution is 2.72. The fraction of sp³-hybridized carbons (Fsp3) is 0.875. The van der Waals surface area contributed by atoms with Crippen LogP contribution in [0.1, 0.15) is 72.6 Å². The molecule has 7 heteroatoms. The molecule has 174 valence electrons. The van der Waals surface area contributed by atoms with Crippen molar-refractivity contribution >= 4 is 17.5 Å². The number of rotatable bonds is 3. The third-order valence-electron chi connectivity index (χ3n) is 9.96. The molecule has 0 amide bonds. The van der Waals surface area contributed by atoms with Crippen LogP contribution in [0.5, 0.6) is 0 Å². The molecule has 0 heterocycles. The average Bonchev–Trinajstić information content (AvgIpc) is 2.90. The van der Waals surface area contributed by atoms with Gasteiger partial charge in [0.25, 0.3) is 0 Å². The molecular formula is C24H35FO6. The number of Topliss-reactive ketones (excluding diaryl/α,β-unsaturated/α-hetero) is 2. The van der Waals surface area contributed by atoms with Crippen molar-refractivity contribution in [3.8, 4) is 0 Å². The Kier molecular flexibility index (Phi) is 5.21. The highest BCUT2D eigenvalue weighted by Gasteiger charge is 2.77. The van der Waals surface area contributed by atoms with Gasteiger partial charge in [0.15, 0.2) is 5.60 Å². The molecule has 0 aliphatic heterocycles. The lowest BCUT2D eigenvalue weighted by molar-refractivity contribution is -0.257. The van der Waals surface area contributed by atoms with Gasteiger partial charge in [-0.3, -0.25) is 14.4 Å². The number of alkyl halides is 1. The maximum Gasteiger partial charge on any atom is 0.303 e.